The predicted molar refractivity (Wildman–Crippen MR) is 406 cm³/mol. The molecular weight excluding hydrogens is 1130 g/mol. The van der Waals surface area contributed by atoms with Gasteiger partial charge < -0.3 is 9.13 Å². The Morgan fingerprint density at radius 1 is 0.267 bits per heavy atom. The number of aromatic nitrogens is 2. The molecule has 0 spiro atoms. The molecule has 484 valence electrons. The zero-order chi connectivity index (χ0) is 62.0. The lowest BCUT2D eigenvalue weighted by molar-refractivity contribution is 0.364. The molecule has 6 aromatic carbocycles. The Kier molecular flexibility index (Phi) is 28.0. The monoisotopic (exact) mass is 1240 g/mol. The van der Waals surface area contributed by atoms with E-state index in [2.05, 4.69) is 157 Å². The maximum atomic E-state index is 2.75. The van der Waals surface area contributed by atoms with Crippen molar-refractivity contribution in [1.82, 2.24) is 9.13 Å². The normalized spacial score (nSPS) is 12.9. The van der Waals surface area contributed by atoms with Gasteiger partial charge in [-0.3, -0.25) is 0 Å². The SMILES string of the molecule is CCCCCCCCCCCCC(CCCCCCCCCC)Cn1c2ccccc2c2cc(-c3cc4c(cc3-c3ccc5c(c3)c3ccccc3n5CC(CCCCCCCCCC)CCCCCCCCCCCC)c3ccsc3c3sccc43)ccc21. The number of benzene rings is 6. The first-order chi connectivity index (χ1) is 44.6. The molecular formula is C86H118N2S2. The van der Waals surface area contributed by atoms with Gasteiger partial charge in [-0.25, -0.2) is 0 Å². The van der Waals surface area contributed by atoms with Crippen molar-refractivity contribution in [2.24, 2.45) is 11.8 Å². The summed E-state index contributed by atoms with van der Waals surface area (Å²) in [5.41, 5.74) is 10.9. The second-order valence-electron chi connectivity index (χ2n) is 28.2. The lowest BCUT2D eigenvalue weighted by Gasteiger charge is -2.20. The second-order valence-corrected chi connectivity index (χ2v) is 30.0. The number of fused-ring (bicyclic) bond motifs is 12. The minimum atomic E-state index is 0.693. The number of hydrogen-bond acceptors (Lipinski definition) is 2. The van der Waals surface area contributed by atoms with E-state index < -0.39 is 0 Å². The number of para-hydroxylation sites is 2. The van der Waals surface area contributed by atoms with Crippen molar-refractivity contribution in [2.75, 3.05) is 0 Å². The van der Waals surface area contributed by atoms with Crippen LogP contribution >= 0.6 is 22.7 Å². The molecule has 0 aliphatic carbocycles. The molecule has 0 saturated carbocycles. The standard InChI is InChI=1S/C86H118N2S2/c1-5-9-13-17-21-25-27-31-35-39-47-67(45-37-33-29-23-19-15-11-7-3)65-87-81-51-43-41-49-71(81)79-61-69(53-55-83(79)87)75-63-77-73-57-59-89-85(73)86-74(58-60-90-86)78(77)64-76(75)70-54-56-84-80(62-70)72-50-42-44-52-82(72)88(84)66-68(46-38-34-30-24-20-16-12-8-4)48-40-36-32-28-26-22-18-14-10-6-2/h41-44,49-64,67-68H,5-40,45-48,65-66H2,1-4H3. The van der Waals surface area contributed by atoms with Gasteiger partial charge in [0, 0.05) is 67.5 Å². The van der Waals surface area contributed by atoms with Gasteiger partial charge >= 0.3 is 0 Å². The third kappa shape index (κ3) is 18.3. The minimum absolute atomic E-state index is 0.693. The highest BCUT2D eigenvalue weighted by atomic mass is 32.1. The first-order valence-corrected chi connectivity index (χ1v) is 39.7. The van der Waals surface area contributed by atoms with E-state index in [9.17, 15) is 0 Å². The molecule has 0 saturated heterocycles. The second kappa shape index (κ2) is 37.1. The summed E-state index contributed by atoms with van der Waals surface area (Å²) in [5, 5.41) is 15.7. The number of rotatable bonds is 46. The van der Waals surface area contributed by atoms with Crippen LogP contribution in [-0.4, -0.2) is 9.13 Å². The number of thiophene rings is 2. The third-order valence-electron chi connectivity index (χ3n) is 21.2. The molecule has 4 heterocycles. The Labute approximate surface area is 554 Å². The largest absolute Gasteiger partial charge is 0.340 e. The first kappa shape index (κ1) is 68.0. The Bertz CT molecular complexity index is 3450. The van der Waals surface area contributed by atoms with Crippen molar-refractivity contribution in [1.29, 1.82) is 0 Å². The van der Waals surface area contributed by atoms with E-state index in [1.54, 1.807) is 0 Å². The minimum Gasteiger partial charge on any atom is -0.340 e. The van der Waals surface area contributed by atoms with Crippen LogP contribution in [0.3, 0.4) is 0 Å². The molecule has 2 atom stereocenters. The fraction of sp³-hybridized carbons (Fsp3) is 0.558. The van der Waals surface area contributed by atoms with Crippen LogP contribution in [0.25, 0.3) is 96.8 Å². The topological polar surface area (TPSA) is 9.86 Å². The van der Waals surface area contributed by atoms with Gasteiger partial charge in [-0.2, -0.15) is 0 Å². The molecule has 4 aromatic heterocycles. The molecule has 0 fully saturated rings. The Morgan fingerprint density at radius 2 is 0.556 bits per heavy atom. The maximum absolute atomic E-state index is 2.75. The van der Waals surface area contributed by atoms with Crippen LogP contribution in [-0.2, 0) is 13.1 Å². The first-order valence-electron chi connectivity index (χ1n) is 38.0. The van der Waals surface area contributed by atoms with Crippen molar-refractivity contribution >= 4 is 97.2 Å². The summed E-state index contributed by atoms with van der Waals surface area (Å²) < 4.78 is 8.36. The van der Waals surface area contributed by atoms with Crippen LogP contribution < -0.4 is 0 Å². The van der Waals surface area contributed by atoms with Gasteiger partial charge in [0.15, 0.2) is 0 Å². The molecule has 10 aromatic rings. The molecule has 10 rings (SSSR count). The van der Waals surface area contributed by atoms with Gasteiger partial charge in [-0.15, -0.1) is 22.7 Å². The van der Waals surface area contributed by atoms with E-state index in [0.717, 1.165) is 13.1 Å². The van der Waals surface area contributed by atoms with E-state index >= 15 is 0 Å². The molecule has 0 bridgehead atoms. The highest BCUT2D eigenvalue weighted by molar-refractivity contribution is 7.26. The van der Waals surface area contributed by atoms with Crippen molar-refractivity contribution in [2.45, 2.75) is 298 Å². The fourth-order valence-electron chi connectivity index (χ4n) is 15.9. The summed E-state index contributed by atoms with van der Waals surface area (Å²) in [6, 6.07) is 44.0. The number of nitrogens with zero attached hydrogens (tertiary/aromatic N) is 2. The molecule has 2 nitrogen and oxygen atoms in total. The quantitative estimate of drug-likeness (QED) is 0.0337. The third-order valence-corrected chi connectivity index (χ3v) is 23.2. The molecule has 4 heteroatoms. The highest BCUT2D eigenvalue weighted by Gasteiger charge is 2.22. The zero-order valence-electron chi connectivity index (χ0n) is 57.1. The molecule has 2 unspecified atom stereocenters. The Balaban J connectivity index is 0.963. The average molecular weight is 1240 g/mol. The van der Waals surface area contributed by atoms with Crippen LogP contribution in [0.1, 0.15) is 285 Å². The molecule has 0 amide bonds. The van der Waals surface area contributed by atoms with Crippen LogP contribution in [0.15, 0.2) is 120 Å². The highest BCUT2D eigenvalue weighted by Crippen LogP contribution is 2.47. The van der Waals surface area contributed by atoms with E-state index in [4.69, 9.17) is 0 Å². The molecule has 0 aliphatic heterocycles. The molecule has 0 radical (unpaired) electrons. The average Bonchev–Trinajstić information content (AvgIpc) is 1.46. The molecule has 90 heavy (non-hydrogen) atoms. The van der Waals surface area contributed by atoms with E-state index in [1.165, 1.54) is 354 Å². The van der Waals surface area contributed by atoms with Crippen molar-refractivity contribution in [3.8, 4) is 22.3 Å². The summed E-state index contributed by atoms with van der Waals surface area (Å²) >= 11 is 3.81. The zero-order valence-corrected chi connectivity index (χ0v) is 58.7. The Hall–Kier alpha value is -4.90. The van der Waals surface area contributed by atoms with E-state index in [-0.39, 0.29) is 0 Å². The lowest BCUT2D eigenvalue weighted by Crippen LogP contribution is -2.11. The van der Waals surface area contributed by atoms with Gasteiger partial charge in [-0.1, -0.05) is 307 Å². The fourth-order valence-corrected chi connectivity index (χ4v) is 17.9. The van der Waals surface area contributed by atoms with Crippen LogP contribution in [0, 0.1) is 11.8 Å². The summed E-state index contributed by atoms with van der Waals surface area (Å²) in [7, 11) is 0. The smallest absolute Gasteiger partial charge is 0.0527 e. The summed E-state index contributed by atoms with van der Waals surface area (Å²) in [5.74, 6) is 1.39. The number of hydrogen-bond donors (Lipinski definition) is 0. The van der Waals surface area contributed by atoms with Crippen molar-refractivity contribution in [3.63, 3.8) is 0 Å². The van der Waals surface area contributed by atoms with Gasteiger partial charge in [-0.05, 0) is 142 Å². The van der Waals surface area contributed by atoms with Gasteiger partial charge in [0.05, 0.1) is 9.40 Å². The molecule has 0 N–H and O–H groups in total. The van der Waals surface area contributed by atoms with E-state index in [0.29, 0.717) is 11.8 Å². The van der Waals surface area contributed by atoms with E-state index in [1.807, 2.05) is 22.7 Å². The molecule has 0 aliphatic rings. The summed E-state index contributed by atoms with van der Waals surface area (Å²) in [6.45, 7) is 11.5. The summed E-state index contributed by atoms with van der Waals surface area (Å²) in [6.07, 6.45) is 55.6. The predicted octanol–water partition coefficient (Wildman–Crippen LogP) is 29.7. The summed E-state index contributed by atoms with van der Waals surface area (Å²) in [4.78, 5) is 0. The Morgan fingerprint density at radius 3 is 0.878 bits per heavy atom. The lowest BCUT2D eigenvalue weighted by atomic mass is 9.89. The van der Waals surface area contributed by atoms with Crippen LogP contribution in [0.5, 0.6) is 0 Å². The van der Waals surface area contributed by atoms with Crippen LogP contribution in [0.4, 0.5) is 0 Å². The maximum Gasteiger partial charge on any atom is 0.0527 e. The number of unbranched alkanes of at least 4 members (excludes halogenated alkanes) is 32. The van der Waals surface area contributed by atoms with Gasteiger partial charge in [0.1, 0.15) is 0 Å². The van der Waals surface area contributed by atoms with Gasteiger partial charge in [0.2, 0.25) is 0 Å². The van der Waals surface area contributed by atoms with Crippen LogP contribution in [0.2, 0.25) is 0 Å². The van der Waals surface area contributed by atoms with Crippen molar-refractivity contribution in [3.05, 3.63) is 120 Å². The van der Waals surface area contributed by atoms with Gasteiger partial charge in [0.25, 0.3) is 0 Å². The van der Waals surface area contributed by atoms with Crippen molar-refractivity contribution < 1.29 is 0 Å².